The molecule has 3 nitrogen and oxygen atoms in total. The number of benzene rings is 3. The average molecular weight is 671 g/mol. The van der Waals surface area contributed by atoms with Gasteiger partial charge in [0.05, 0.1) is 0 Å². The zero-order valence-electron chi connectivity index (χ0n) is 34.7. The predicted molar refractivity (Wildman–Crippen MR) is 211 cm³/mol. The van der Waals surface area contributed by atoms with Crippen LogP contribution >= 0.6 is 0 Å². The van der Waals surface area contributed by atoms with Gasteiger partial charge in [-0.15, -0.1) is 0 Å². The molecule has 3 N–H and O–H groups in total. The van der Waals surface area contributed by atoms with Crippen molar-refractivity contribution in [1.29, 1.82) is 0 Å². The number of phenolic OH excluding ortho intramolecular Hbond substituents is 3. The van der Waals surface area contributed by atoms with Gasteiger partial charge < -0.3 is 15.3 Å². The Bertz CT molecular complexity index is 1490. The summed E-state index contributed by atoms with van der Waals surface area (Å²) in [4.78, 5) is 0. The Hall–Kier alpha value is -2.94. The van der Waals surface area contributed by atoms with Crippen LogP contribution in [0.4, 0.5) is 0 Å². The highest BCUT2D eigenvalue weighted by atomic mass is 16.3. The van der Waals surface area contributed by atoms with Crippen LogP contribution in [0.1, 0.15) is 188 Å². The van der Waals surface area contributed by atoms with Crippen LogP contribution in [0.2, 0.25) is 0 Å². The molecular formula is C46H70O3. The Morgan fingerprint density at radius 2 is 0.551 bits per heavy atom. The maximum atomic E-state index is 11.7. The monoisotopic (exact) mass is 671 g/mol. The van der Waals surface area contributed by atoms with Gasteiger partial charge in [0.1, 0.15) is 17.2 Å². The van der Waals surface area contributed by atoms with E-state index in [9.17, 15) is 15.3 Å². The lowest BCUT2D eigenvalue weighted by Crippen LogP contribution is -2.29. The topological polar surface area (TPSA) is 60.7 Å². The number of phenols is 3. The van der Waals surface area contributed by atoms with Crippen LogP contribution in [0.25, 0.3) is 0 Å². The summed E-state index contributed by atoms with van der Waals surface area (Å²) < 4.78 is 0. The molecule has 0 atom stereocenters. The second-order valence-corrected chi connectivity index (χ2v) is 21.2. The van der Waals surface area contributed by atoms with Crippen LogP contribution in [-0.2, 0) is 44.3 Å². The lowest BCUT2D eigenvalue weighted by Gasteiger charge is -2.38. The van der Waals surface area contributed by atoms with Crippen molar-refractivity contribution in [2.75, 3.05) is 0 Å². The summed E-state index contributed by atoms with van der Waals surface area (Å²) in [6.07, 6.45) is 1.58. The molecule has 49 heavy (non-hydrogen) atoms. The van der Waals surface area contributed by atoms with Crippen molar-refractivity contribution in [3.05, 3.63) is 86.5 Å². The summed E-state index contributed by atoms with van der Waals surface area (Å²) in [6.45, 7) is 41.4. The van der Waals surface area contributed by atoms with E-state index in [-0.39, 0.29) is 32.5 Å². The summed E-state index contributed by atoms with van der Waals surface area (Å²) in [6, 6.07) is 13.4. The van der Waals surface area contributed by atoms with Gasteiger partial charge in [-0.2, -0.15) is 0 Å². The van der Waals surface area contributed by atoms with Gasteiger partial charge in [0.25, 0.3) is 0 Å². The molecule has 0 aromatic heterocycles. The Kier molecular flexibility index (Phi) is 10.5. The molecule has 0 radical (unpaired) electrons. The Morgan fingerprint density at radius 1 is 0.347 bits per heavy atom. The highest BCUT2D eigenvalue weighted by molar-refractivity contribution is 5.58. The molecule has 0 saturated carbocycles. The number of aromatic hydroxyl groups is 3. The van der Waals surface area contributed by atoms with Gasteiger partial charge in [-0.3, -0.25) is 0 Å². The number of hydrogen-bond acceptors (Lipinski definition) is 3. The molecule has 0 unspecified atom stereocenters. The Balaban J connectivity index is 2.51. The molecule has 0 saturated heterocycles. The van der Waals surface area contributed by atoms with E-state index in [1.54, 1.807) is 0 Å². The quantitative estimate of drug-likeness (QED) is 0.253. The molecule has 0 aliphatic rings. The maximum absolute atomic E-state index is 11.7. The van der Waals surface area contributed by atoms with E-state index in [2.05, 4.69) is 168 Å². The summed E-state index contributed by atoms with van der Waals surface area (Å²) in [5.74, 6) is 1.16. The lowest BCUT2D eigenvalue weighted by molar-refractivity contribution is 0.416. The van der Waals surface area contributed by atoms with Crippen LogP contribution in [0.15, 0.2) is 36.4 Å². The van der Waals surface area contributed by atoms with Crippen molar-refractivity contribution in [1.82, 2.24) is 0 Å². The second-order valence-electron chi connectivity index (χ2n) is 21.2. The molecule has 3 aromatic carbocycles. The summed E-state index contributed by atoms with van der Waals surface area (Å²) in [7, 11) is 0. The first-order valence-corrected chi connectivity index (χ1v) is 18.3. The SMILES string of the molecule is CC(C)(C)c1cc(CCC(C)(c2cc(C(C)(C)C)c(O)c(C(C)(C)C)c2)c2cc(C(C)(C)C)c(O)c(C(C)(C)C)c2)cc(C(C)(C)C)c1O. The molecule has 0 bridgehead atoms. The Morgan fingerprint density at radius 3 is 0.755 bits per heavy atom. The highest BCUT2D eigenvalue weighted by Gasteiger charge is 2.37. The first kappa shape index (κ1) is 40.5. The fourth-order valence-corrected chi connectivity index (χ4v) is 7.02. The molecule has 3 aromatic rings. The molecule has 272 valence electrons. The zero-order chi connectivity index (χ0) is 38.1. The van der Waals surface area contributed by atoms with E-state index in [4.69, 9.17) is 0 Å². The van der Waals surface area contributed by atoms with Crippen molar-refractivity contribution >= 4 is 0 Å². The number of aryl methyl sites for hydroxylation is 1. The molecular weight excluding hydrogens is 601 g/mol. The molecule has 0 aliphatic carbocycles. The van der Waals surface area contributed by atoms with E-state index in [0.717, 1.165) is 57.3 Å². The first-order valence-electron chi connectivity index (χ1n) is 18.3. The average Bonchev–Trinajstić information content (AvgIpc) is 2.88. The minimum Gasteiger partial charge on any atom is -0.507 e. The van der Waals surface area contributed by atoms with Crippen molar-refractivity contribution in [3.63, 3.8) is 0 Å². The van der Waals surface area contributed by atoms with Crippen molar-refractivity contribution in [2.24, 2.45) is 0 Å². The third-order valence-corrected chi connectivity index (χ3v) is 10.4. The fourth-order valence-electron chi connectivity index (χ4n) is 7.02. The van der Waals surface area contributed by atoms with E-state index >= 15 is 0 Å². The standard InChI is InChI=1S/C46H70O3/c1-40(2,3)31-22-28(23-32(37(31)47)41(4,5)6)20-21-46(19,29-24-33(42(7,8)9)38(48)34(25-29)43(10,11)12)30-26-35(44(13,14)15)39(49)36(27-30)45(16,17)18/h22-27,47-49H,20-21H2,1-19H3. The van der Waals surface area contributed by atoms with Gasteiger partial charge >= 0.3 is 0 Å². The Labute approximate surface area is 300 Å². The van der Waals surface area contributed by atoms with E-state index in [0.29, 0.717) is 17.2 Å². The summed E-state index contributed by atoms with van der Waals surface area (Å²) in [5, 5.41) is 35.0. The smallest absolute Gasteiger partial charge is 0.123 e. The van der Waals surface area contributed by atoms with Crippen molar-refractivity contribution in [3.8, 4) is 17.2 Å². The van der Waals surface area contributed by atoms with Crippen LogP contribution < -0.4 is 0 Å². The molecule has 0 spiro atoms. The minimum absolute atomic E-state index is 0.219. The largest absolute Gasteiger partial charge is 0.507 e. The fraction of sp³-hybridized carbons (Fsp3) is 0.609. The number of rotatable bonds is 5. The third kappa shape index (κ3) is 8.51. The molecule has 0 heterocycles. The van der Waals surface area contributed by atoms with E-state index in [1.807, 2.05) is 0 Å². The van der Waals surface area contributed by atoms with E-state index in [1.165, 1.54) is 5.56 Å². The zero-order valence-corrected chi connectivity index (χ0v) is 34.7. The van der Waals surface area contributed by atoms with Crippen molar-refractivity contribution in [2.45, 2.75) is 182 Å². The second kappa shape index (κ2) is 12.7. The summed E-state index contributed by atoms with van der Waals surface area (Å²) in [5.41, 5.74) is 7.24. The van der Waals surface area contributed by atoms with Gasteiger partial charge in [0.15, 0.2) is 0 Å². The molecule has 0 fully saturated rings. The van der Waals surface area contributed by atoms with Gasteiger partial charge in [0.2, 0.25) is 0 Å². The van der Waals surface area contributed by atoms with Crippen molar-refractivity contribution < 1.29 is 15.3 Å². The first-order chi connectivity index (χ1) is 21.7. The van der Waals surface area contributed by atoms with Gasteiger partial charge in [-0.1, -0.05) is 168 Å². The summed E-state index contributed by atoms with van der Waals surface area (Å²) >= 11 is 0. The molecule has 0 amide bonds. The van der Waals surface area contributed by atoms with Crippen LogP contribution in [0.3, 0.4) is 0 Å². The number of hydrogen-bond donors (Lipinski definition) is 3. The molecule has 3 heteroatoms. The van der Waals surface area contributed by atoms with Crippen LogP contribution in [0, 0.1) is 0 Å². The normalized spacial score (nSPS) is 14.0. The van der Waals surface area contributed by atoms with Gasteiger partial charge in [0, 0.05) is 5.41 Å². The molecule has 0 aliphatic heterocycles. The van der Waals surface area contributed by atoms with Gasteiger partial charge in [-0.05, 0) is 95.4 Å². The van der Waals surface area contributed by atoms with E-state index < -0.39 is 5.41 Å². The highest BCUT2D eigenvalue weighted by Crippen LogP contribution is 2.49. The van der Waals surface area contributed by atoms with Crippen LogP contribution in [-0.4, -0.2) is 15.3 Å². The molecule has 3 rings (SSSR count). The maximum Gasteiger partial charge on any atom is 0.123 e. The predicted octanol–water partition coefficient (Wildman–Crippen LogP) is 12.5. The minimum atomic E-state index is -0.483. The van der Waals surface area contributed by atoms with Crippen LogP contribution in [0.5, 0.6) is 17.2 Å². The lowest BCUT2D eigenvalue weighted by atomic mass is 9.66. The van der Waals surface area contributed by atoms with Gasteiger partial charge in [-0.25, -0.2) is 0 Å². The third-order valence-electron chi connectivity index (χ3n) is 10.4.